The SMILES string of the molecule is CC(=O)CCc1ccc(OCC(=O)N2CCCC(CNS(C)(=O)=O)C2)cc1. The van der Waals surface area contributed by atoms with Crippen LogP contribution in [-0.4, -0.2) is 57.5 Å². The fourth-order valence-electron chi connectivity index (χ4n) is 3.04. The molecule has 27 heavy (non-hydrogen) atoms. The van der Waals surface area contributed by atoms with Gasteiger partial charge in [0.1, 0.15) is 11.5 Å². The van der Waals surface area contributed by atoms with Gasteiger partial charge in [-0.1, -0.05) is 12.1 Å². The van der Waals surface area contributed by atoms with Gasteiger partial charge >= 0.3 is 0 Å². The summed E-state index contributed by atoms with van der Waals surface area (Å²) < 4.78 is 30.5. The number of Topliss-reactive ketones (excluding diaryl/α,β-unsaturated/α-hetero) is 1. The zero-order valence-electron chi connectivity index (χ0n) is 15.9. The minimum Gasteiger partial charge on any atom is -0.484 e. The highest BCUT2D eigenvalue weighted by atomic mass is 32.2. The normalized spacial score (nSPS) is 17.6. The Kier molecular flexibility index (Phi) is 7.79. The molecule has 1 amide bonds. The van der Waals surface area contributed by atoms with Gasteiger partial charge in [0.05, 0.1) is 6.26 Å². The minimum atomic E-state index is -3.22. The Morgan fingerprint density at radius 3 is 2.59 bits per heavy atom. The highest BCUT2D eigenvalue weighted by molar-refractivity contribution is 7.88. The van der Waals surface area contributed by atoms with E-state index in [1.807, 2.05) is 12.1 Å². The number of nitrogens with one attached hydrogen (secondary N) is 1. The number of sulfonamides is 1. The number of benzene rings is 1. The van der Waals surface area contributed by atoms with E-state index in [-0.39, 0.29) is 24.2 Å². The third-order valence-electron chi connectivity index (χ3n) is 4.56. The monoisotopic (exact) mass is 396 g/mol. The lowest BCUT2D eigenvalue weighted by Crippen LogP contribution is -2.45. The number of ketones is 1. The van der Waals surface area contributed by atoms with E-state index in [1.165, 1.54) is 0 Å². The van der Waals surface area contributed by atoms with Gasteiger partial charge in [0.15, 0.2) is 6.61 Å². The Bertz CT molecular complexity index is 746. The van der Waals surface area contributed by atoms with Crippen molar-refractivity contribution >= 4 is 21.7 Å². The van der Waals surface area contributed by atoms with Crippen molar-refractivity contribution in [1.82, 2.24) is 9.62 Å². The first-order valence-corrected chi connectivity index (χ1v) is 11.1. The number of hydrogen-bond acceptors (Lipinski definition) is 5. The minimum absolute atomic E-state index is 0.0426. The Hall–Kier alpha value is -1.93. The number of nitrogens with zero attached hydrogens (tertiary/aromatic N) is 1. The van der Waals surface area contributed by atoms with Gasteiger partial charge in [-0.15, -0.1) is 0 Å². The molecule has 0 spiro atoms. The molecule has 1 aromatic carbocycles. The number of amides is 1. The number of piperidine rings is 1. The zero-order chi connectivity index (χ0) is 19.9. The number of rotatable bonds is 9. The molecule has 1 aliphatic heterocycles. The molecular weight excluding hydrogens is 368 g/mol. The van der Waals surface area contributed by atoms with E-state index >= 15 is 0 Å². The van der Waals surface area contributed by atoms with Crippen molar-refractivity contribution in [2.45, 2.75) is 32.6 Å². The maximum atomic E-state index is 12.4. The Morgan fingerprint density at radius 2 is 1.96 bits per heavy atom. The second kappa shape index (κ2) is 9.85. The van der Waals surface area contributed by atoms with Crippen LogP contribution in [0.5, 0.6) is 5.75 Å². The Balaban J connectivity index is 1.78. The molecule has 1 aliphatic rings. The second-order valence-electron chi connectivity index (χ2n) is 7.10. The van der Waals surface area contributed by atoms with E-state index in [4.69, 9.17) is 4.74 Å². The maximum absolute atomic E-state index is 12.4. The van der Waals surface area contributed by atoms with Crippen molar-refractivity contribution in [3.8, 4) is 5.75 Å². The summed E-state index contributed by atoms with van der Waals surface area (Å²) in [6, 6.07) is 7.41. The summed E-state index contributed by atoms with van der Waals surface area (Å²) in [7, 11) is -3.22. The summed E-state index contributed by atoms with van der Waals surface area (Å²) in [5, 5.41) is 0. The summed E-state index contributed by atoms with van der Waals surface area (Å²) in [5.41, 5.74) is 1.06. The molecule has 0 bridgehead atoms. The molecule has 150 valence electrons. The first-order valence-electron chi connectivity index (χ1n) is 9.16. The lowest BCUT2D eigenvalue weighted by atomic mass is 9.98. The van der Waals surface area contributed by atoms with Crippen molar-refractivity contribution in [3.63, 3.8) is 0 Å². The number of carbonyl (C=O) groups is 2. The van der Waals surface area contributed by atoms with Gasteiger partial charge < -0.3 is 14.4 Å². The topological polar surface area (TPSA) is 92.8 Å². The molecule has 7 nitrogen and oxygen atoms in total. The molecule has 0 aromatic heterocycles. The van der Waals surface area contributed by atoms with Gasteiger partial charge in [-0.05, 0) is 49.8 Å². The number of carbonyl (C=O) groups excluding carboxylic acids is 2. The fraction of sp³-hybridized carbons (Fsp3) is 0.579. The van der Waals surface area contributed by atoms with Crippen LogP contribution >= 0.6 is 0 Å². The molecule has 1 fully saturated rings. The van der Waals surface area contributed by atoms with Crippen LogP contribution in [0.15, 0.2) is 24.3 Å². The van der Waals surface area contributed by atoms with Crippen molar-refractivity contribution in [2.75, 3.05) is 32.5 Å². The molecule has 0 aliphatic carbocycles. The summed E-state index contributed by atoms with van der Waals surface area (Å²) in [4.78, 5) is 25.1. The molecule has 2 rings (SSSR count). The fourth-order valence-corrected chi connectivity index (χ4v) is 3.57. The smallest absolute Gasteiger partial charge is 0.260 e. The van der Waals surface area contributed by atoms with E-state index in [1.54, 1.807) is 24.0 Å². The van der Waals surface area contributed by atoms with Crippen LogP contribution in [0.25, 0.3) is 0 Å². The zero-order valence-corrected chi connectivity index (χ0v) is 16.8. The van der Waals surface area contributed by atoms with Crippen LogP contribution in [0.3, 0.4) is 0 Å². The first-order chi connectivity index (χ1) is 12.7. The molecule has 8 heteroatoms. The average molecular weight is 397 g/mol. The van der Waals surface area contributed by atoms with Crippen molar-refractivity contribution in [3.05, 3.63) is 29.8 Å². The van der Waals surface area contributed by atoms with Crippen molar-refractivity contribution in [1.29, 1.82) is 0 Å². The number of aryl methyl sites for hydroxylation is 1. The Labute approximate surface area is 161 Å². The summed E-state index contributed by atoms with van der Waals surface area (Å²) in [6.45, 7) is 3.09. The molecule has 1 unspecified atom stereocenters. The summed E-state index contributed by atoms with van der Waals surface area (Å²) >= 11 is 0. The van der Waals surface area contributed by atoms with Gasteiger partial charge in [0.2, 0.25) is 10.0 Å². The van der Waals surface area contributed by atoms with Crippen LogP contribution < -0.4 is 9.46 Å². The molecule has 0 radical (unpaired) electrons. The van der Waals surface area contributed by atoms with E-state index in [0.717, 1.165) is 24.7 Å². The molecular formula is C19H28N2O5S. The van der Waals surface area contributed by atoms with E-state index < -0.39 is 10.0 Å². The van der Waals surface area contributed by atoms with Gasteiger partial charge in [-0.25, -0.2) is 13.1 Å². The van der Waals surface area contributed by atoms with Crippen LogP contribution in [0.2, 0.25) is 0 Å². The number of ether oxygens (including phenoxy) is 1. The third kappa shape index (κ3) is 8.09. The van der Waals surface area contributed by atoms with Crippen LogP contribution in [0, 0.1) is 5.92 Å². The number of hydrogen-bond donors (Lipinski definition) is 1. The Morgan fingerprint density at radius 1 is 1.26 bits per heavy atom. The van der Waals surface area contributed by atoms with Crippen LogP contribution in [0.4, 0.5) is 0 Å². The highest BCUT2D eigenvalue weighted by Crippen LogP contribution is 2.17. The lowest BCUT2D eigenvalue weighted by Gasteiger charge is -2.32. The van der Waals surface area contributed by atoms with Crippen LogP contribution in [-0.2, 0) is 26.0 Å². The second-order valence-corrected chi connectivity index (χ2v) is 8.94. The van der Waals surface area contributed by atoms with E-state index in [0.29, 0.717) is 38.2 Å². The summed E-state index contributed by atoms with van der Waals surface area (Å²) in [5.74, 6) is 0.799. The van der Waals surface area contributed by atoms with Gasteiger partial charge in [0, 0.05) is 26.1 Å². The largest absolute Gasteiger partial charge is 0.484 e. The first kappa shape index (κ1) is 21.4. The van der Waals surface area contributed by atoms with Gasteiger partial charge in [-0.2, -0.15) is 0 Å². The highest BCUT2D eigenvalue weighted by Gasteiger charge is 2.24. The molecule has 1 N–H and O–H groups in total. The van der Waals surface area contributed by atoms with E-state index in [9.17, 15) is 18.0 Å². The third-order valence-corrected chi connectivity index (χ3v) is 5.25. The lowest BCUT2D eigenvalue weighted by molar-refractivity contribution is -0.135. The summed E-state index contributed by atoms with van der Waals surface area (Å²) in [6.07, 6.45) is 4.10. The predicted molar refractivity (Wildman–Crippen MR) is 103 cm³/mol. The molecule has 0 saturated carbocycles. The van der Waals surface area contributed by atoms with Crippen molar-refractivity contribution < 1.29 is 22.7 Å². The number of likely N-dealkylation sites (tertiary alicyclic amines) is 1. The molecule has 1 atom stereocenters. The molecule has 1 saturated heterocycles. The molecule has 1 aromatic rings. The standard InChI is InChI=1S/C19H28N2O5S/c1-15(22)5-6-16-7-9-18(10-8-16)26-14-19(23)21-11-3-4-17(13-21)12-20-27(2,24)25/h7-10,17,20H,3-6,11-14H2,1-2H3. The van der Waals surface area contributed by atoms with Crippen molar-refractivity contribution in [2.24, 2.45) is 5.92 Å². The quantitative estimate of drug-likeness (QED) is 0.681. The van der Waals surface area contributed by atoms with E-state index in [2.05, 4.69) is 4.72 Å². The van der Waals surface area contributed by atoms with Gasteiger partial charge in [-0.3, -0.25) is 4.79 Å². The average Bonchev–Trinajstić information content (AvgIpc) is 2.63. The van der Waals surface area contributed by atoms with Crippen LogP contribution in [0.1, 0.15) is 31.7 Å². The predicted octanol–water partition coefficient (Wildman–Crippen LogP) is 1.37. The van der Waals surface area contributed by atoms with Gasteiger partial charge in [0.25, 0.3) is 5.91 Å². The maximum Gasteiger partial charge on any atom is 0.260 e. The molecule has 1 heterocycles.